The average Bonchev–Trinajstić information content (AvgIpc) is 3.27. The summed E-state index contributed by atoms with van der Waals surface area (Å²) in [4.78, 5) is 0. The highest BCUT2D eigenvalue weighted by molar-refractivity contribution is 5.39. The number of aliphatic hydroxyl groups excluding tert-OH is 1. The molecule has 5 heteroatoms. The summed E-state index contributed by atoms with van der Waals surface area (Å²) in [6.45, 7) is 2.85. The Labute approximate surface area is 124 Å². The van der Waals surface area contributed by atoms with Gasteiger partial charge in [0.25, 0.3) is 0 Å². The van der Waals surface area contributed by atoms with Crippen LogP contribution in [0.5, 0.6) is 5.75 Å². The van der Waals surface area contributed by atoms with Crippen molar-refractivity contribution in [2.45, 2.75) is 45.1 Å². The van der Waals surface area contributed by atoms with Crippen molar-refractivity contribution in [2.24, 2.45) is 0 Å². The number of nitrogens with zero attached hydrogens (tertiary/aromatic N) is 3. The Morgan fingerprint density at radius 1 is 1.29 bits per heavy atom. The lowest BCUT2D eigenvalue weighted by atomic mass is 10.2. The quantitative estimate of drug-likeness (QED) is 0.795. The van der Waals surface area contributed by atoms with Crippen molar-refractivity contribution in [1.82, 2.24) is 15.0 Å². The van der Waals surface area contributed by atoms with Crippen LogP contribution in [-0.4, -0.2) is 26.7 Å². The first-order chi connectivity index (χ1) is 10.3. The van der Waals surface area contributed by atoms with Gasteiger partial charge < -0.3 is 9.84 Å². The topological polar surface area (TPSA) is 60.2 Å². The van der Waals surface area contributed by atoms with Crippen LogP contribution >= 0.6 is 0 Å². The zero-order valence-corrected chi connectivity index (χ0v) is 12.3. The van der Waals surface area contributed by atoms with Gasteiger partial charge in [0.05, 0.1) is 24.6 Å². The van der Waals surface area contributed by atoms with Gasteiger partial charge in [-0.25, -0.2) is 4.68 Å². The standard InChI is InChI=1S/C16H21N3O2/c1-2-3-10-21-14-8-6-13(7-9-14)19-16(12-4-5-12)15(11-20)17-18-19/h6-9,12,20H,2-5,10-11H2,1H3. The third-order valence-corrected chi connectivity index (χ3v) is 3.74. The maximum Gasteiger partial charge on any atom is 0.119 e. The van der Waals surface area contributed by atoms with E-state index in [-0.39, 0.29) is 6.61 Å². The fourth-order valence-electron chi connectivity index (χ4n) is 2.41. The molecule has 1 aliphatic rings. The van der Waals surface area contributed by atoms with Crippen molar-refractivity contribution in [1.29, 1.82) is 0 Å². The van der Waals surface area contributed by atoms with Crippen LogP contribution in [0.3, 0.4) is 0 Å². The van der Waals surface area contributed by atoms with Gasteiger partial charge in [0.15, 0.2) is 0 Å². The lowest BCUT2D eigenvalue weighted by molar-refractivity contribution is 0.275. The number of ether oxygens (including phenoxy) is 1. The van der Waals surface area contributed by atoms with Crippen molar-refractivity contribution < 1.29 is 9.84 Å². The summed E-state index contributed by atoms with van der Waals surface area (Å²) in [5.41, 5.74) is 2.71. The van der Waals surface area contributed by atoms with Crippen molar-refractivity contribution in [3.8, 4) is 11.4 Å². The fraction of sp³-hybridized carbons (Fsp3) is 0.500. The lowest BCUT2D eigenvalue weighted by Crippen LogP contribution is -2.03. The van der Waals surface area contributed by atoms with E-state index < -0.39 is 0 Å². The van der Waals surface area contributed by atoms with E-state index in [1.807, 2.05) is 28.9 Å². The molecule has 0 amide bonds. The van der Waals surface area contributed by atoms with Crippen molar-refractivity contribution in [3.05, 3.63) is 35.7 Å². The summed E-state index contributed by atoms with van der Waals surface area (Å²) >= 11 is 0. The molecule has 0 spiro atoms. The SMILES string of the molecule is CCCCOc1ccc(-n2nnc(CO)c2C2CC2)cc1. The predicted octanol–water partition coefficient (Wildman–Crippen LogP) is 2.82. The van der Waals surface area contributed by atoms with Gasteiger partial charge in [-0.3, -0.25) is 0 Å². The van der Waals surface area contributed by atoms with Gasteiger partial charge >= 0.3 is 0 Å². The second-order valence-electron chi connectivity index (χ2n) is 5.46. The first kappa shape index (κ1) is 14.1. The molecular weight excluding hydrogens is 266 g/mol. The van der Waals surface area contributed by atoms with Crippen molar-refractivity contribution >= 4 is 0 Å². The lowest BCUT2D eigenvalue weighted by Gasteiger charge is -2.09. The molecule has 2 aromatic rings. The summed E-state index contributed by atoms with van der Waals surface area (Å²) in [5.74, 6) is 1.37. The third kappa shape index (κ3) is 3.08. The molecule has 1 N–H and O–H groups in total. The summed E-state index contributed by atoms with van der Waals surface area (Å²) in [6.07, 6.45) is 4.50. The van der Waals surface area contributed by atoms with Gasteiger partial charge in [0, 0.05) is 5.92 Å². The molecule has 5 nitrogen and oxygen atoms in total. The number of rotatable bonds is 7. The molecule has 0 atom stereocenters. The first-order valence-electron chi connectivity index (χ1n) is 7.62. The number of hydrogen-bond acceptors (Lipinski definition) is 4. The molecule has 1 aromatic carbocycles. The van der Waals surface area contributed by atoms with Crippen LogP contribution in [0.2, 0.25) is 0 Å². The molecule has 112 valence electrons. The van der Waals surface area contributed by atoms with Crippen LogP contribution in [0.25, 0.3) is 5.69 Å². The number of benzene rings is 1. The summed E-state index contributed by atoms with van der Waals surface area (Å²) in [7, 11) is 0. The predicted molar refractivity (Wildman–Crippen MR) is 79.7 cm³/mol. The van der Waals surface area contributed by atoms with Crippen molar-refractivity contribution in [3.63, 3.8) is 0 Å². The highest BCUT2D eigenvalue weighted by Crippen LogP contribution is 2.42. The molecule has 21 heavy (non-hydrogen) atoms. The van der Waals surface area contributed by atoms with Crippen LogP contribution in [0.15, 0.2) is 24.3 Å². The van der Waals surface area contributed by atoms with E-state index in [9.17, 15) is 5.11 Å². The minimum atomic E-state index is -0.0515. The molecule has 1 aliphatic carbocycles. The molecule has 0 bridgehead atoms. The van der Waals surface area contributed by atoms with Crippen LogP contribution < -0.4 is 4.74 Å². The zero-order chi connectivity index (χ0) is 14.7. The third-order valence-electron chi connectivity index (χ3n) is 3.74. The van der Waals surface area contributed by atoms with E-state index in [4.69, 9.17) is 4.74 Å². The van der Waals surface area contributed by atoms with E-state index in [0.717, 1.165) is 49.4 Å². The van der Waals surface area contributed by atoms with Crippen LogP contribution in [0.1, 0.15) is 49.9 Å². The van der Waals surface area contributed by atoms with Gasteiger partial charge in [-0.15, -0.1) is 5.10 Å². The summed E-state index contributed by atoms with van der Waals surface area (Å²) < 4.78 is 7.51. The number of aliphatic hydroxyl groups is 1. The Hall–Kier alpha value is -1.88. The number of aromatic nitrogens is 3. The van der Waals surface area contributed by atoms with E-state index in [0.29, 0.717) is 11.6 Å². The van der Waals surface area contributed by atoms with E-state index in [2.05, 4.69) is 17.2 Å². The Morgan fingerprint density at radius 2 is 2.05 bits per heavy atom. The van der Waals surface area contributed by atoms with E-state index >= 15 is 0 Å². The van der Waals surface area contributed by atoms with Gasteiger partial charge in [-0.05, 0) is 43.5 Å². The van der Waals surface area contributed by atoms with Gasteiger partial charge in [-0.2, -0.15) is 0 Å². The molecule has 1 fully saturated rings. The minimum absolute atomic E-state index is 0.0515. The van der Waals surface area contributed by atoms with Crippen molar-refractivity contribution in [2.75, 3.05) is 6.61 Å². The molecule has 1 aromatic heterocycles. The number of unbranched alkanes of at least 4 members (excludes halogenated alkanes) is 1. The molecular formula is C16H21N3O2. The first-order valence-corrected chi connectivity index (χ1v) is 7.62. The highest BCUT2D eigenvalue weighted by atomic mass is 16.5. The van der Waals surface area contributed by atoms with Crippen LogP contribution in [0, 0.1) is 0 Å². The largest absolute Gasteiger partial charge is 0.494 e. The molecule has 1 heterocycles. The normalized spacial score (nSPS) is 14.4. The fourth-order valence-corrected chi connectivity index (χ4v) is 2.41. The smallest absolute Gasteiger partial charge is 0.119 e. The van der Waals surface area contributed by atoms with E-state index in [1.165, 1.54) is 0 Å². The second-order valence-corrected chi connectivity index (χ2v) is 5.46. The Bertz CT molecular complexity index is 588. The maximum absolute atomic E-state index is 9.38. The Morgan fingerprint density at radius 3 is 2.67 bits per heavy atom. The van der Waals surface area contributed by atoms with Crippen LogP contribution in [0.4, 0.5) is 0 Å². The minimum Gasteiger partial charge on any atom is -0.494 e. The molecule has 0 radical (unpaired) electrons. The Kier molecular flexibility index (Phi) is 4.20. The molecule has 3 rings (SSSR count). The molecule has 0 unspecified atom stereocenters. The molecule has 1 saturated carbocycles. The van der Waals surface area contributed by atoms with E-state index in [1.54, 1.807) is 0 Å². The average molecular weight is 287 g/mol. The van der Waals surface area contributed by atoms with Gasteiger partial charge in [0.2, 0.25) is 0 Å². The van der Waals surface area contributed by atoms with Crippen LogP contribution in [-0.2, 0) is 6.61 Å². The van der Waals surface area contributed by atoms with Gasteiger partial charge in [0.1, 0.15) is 11.4 Å². The zero-order valence-electron chi connectivity index (χ0n) is 12.3. The summed E-state index contributed by atoms with van der Waals surface area (Å²) in [5, 5.41) is 17.7. The number of hydrogen-bond donors (Lipinski definition) is 1. The van der Waals surface area contributed by atoms with Gasteiger partial charge in [-0.1, -0.05) is 18.6 Å². The highest BCUT2D eigenvalue weighted by Gasteiger charge is 2.31. The Balaban J connectivity index is 1.79. The second kappa shape index (κ2) is 6.26. The molecule has 0 saturated heterocycles. The summed E-state index contributed by atoms with van der Waals surface area (Å²) in [6, 6.07) is 7.90. The molecule has 0 aliphatic heterocycles. The maximum atomic E-state index is 9.38. The monoisotopic (exact) mass is 287 g/mol.